The molecule has 1 aromatic heterocycles. The highest BCUT2D eigenvalue weighted by Crippen LogP contribution is 2.20. The molecule has 1 heterocycles. The molecule has 0 aliphatic rings. The Bertz CT molecular complexity index is 215. The average molecular weight is 188 g/mol. The summed E-state index contributed by atoms with van der Waals surface area (Å²) in [5.41, 5.74) is 5.23. The molecule has 5 heteroatoms. The second kappa shape index (κ2) is 4.51. The SMILES string of the molecule is NCCC(O)C(O)c1nccs1. The molecule has 12 heavy (non-hydrogen) atoms. The summed E-state index contributed by atoms with van der Waals surface area (Å²) >= 11 is 1.32. The Labute approximate surface area is 74.7 Å². The lowest BCUT2D eigenvalue weighted by molar-refractivity contribution is 0.0149. The van der Waals surface area contributed by atoms with Gasteiger partial charge in [-0.15, -0.1) is 11.3 Å². The summed E-state index contributed by atoms with van der Waals surface area (Å²) in [7, 11) is 0. The lowest BCUT2D eigenvalue weighted by Gasteiger charge is -2.13. The number of aliphatic hydroxyl groups is 2. The molecule has 2 atom stereocenters. The number of rotatable bonds is 4. The van der Waals surface area contributed by atoms with Crippen LogP contribution < -0.4 is 5.73 Å². The van der Waals surface area contributed by atoms with Gasteiger partial charge in [0.2, 0.25) is 0 Å². The molecule has 0 aliphatic carbocycles. The van der Waals surface area contributed by atoms with Crippen LogP contribution in [0.2, 0.25) is 0 Å². The van der Waals surface area contributed by atoms with E-state index < -0.39 is 12.2 Å². The topological polar surface area (TPSA) is 79.4 Å². The molecule has 0 amide bonds. The average Bonchev–Trinajstić information content (AvgIpc) is 2.55. The molecule has 0 spiro atoms. The number of aliphatic hydroxyl groups excluding tert-OH is 2. The van der Waals surface area contributed by atoms with Crippen LogP contribution in [0.4, 0.5) is 0 Å². The predicted octanol–water partition coefficient (Wildman–Crippen LogP) is -0.114. The number of nitrogens with two attached hydrogens (primary N) is 1. The maximum atomic E-state index is 9.45. The molecule has 0 radical (unpaired) electrons. The molecular formula is C7H12N2O2S. The third-order valence-electron chi connectivity index (χ3n) is 1.53. The van der Waals surface area contributed by atoms with Gasteiger partial charge in [0, 0.05) is 11.6 Å². The minimum atomic E-state index is -0.895. The Kier molecular flexibility index (Phi) is 3.61. The molecule has 1 rings (SSSR count). The van der Waals surface area contributed by atoms with Gasteiger partial charge in [0.1, 0.15) is 11.1 Å². The first kappa shape index (κ1) is 9.60. The van der Waals surface area contributed by atoms with E-state index in [1.165, 1.54) is 11.3 Å². The van der Waals surface area contributed by atoms with Gasteiger partial charge in [0.25, 0.3) is 0 Å². The highest BCUT2D eigenvalue weighted by molar-refractivity contribution is 7.09. The third-order valence-corrected chi connectivity index (χ3v) is 2.38. The molecule has 0 saturated heterocycles. The Hall–Kier alpha value is -0.490. The fourth-order valence-electron chi connectivity index (χ4n) is 0.874. The van der Waals surface area contributed by atoms with Crippen molar-refractivity contribution in [1.82, 2.24) is 4.98 Å². The van der Waals surface area contributed by atoms with E-state index in [-0.39, 0.29) is 0 Å². The number of hydrogen-bond donors (Lipinski definition) is 3. The molecule has 0 bridgehead atoms. The number of thiazole rings is 1. The van der Waals surface area contributed by atoms with Gasteiger partial charge in [-0.05, 0) is 13.0 Å². The first-order valence-electron chi connectivity index (χ1n) is 3.71. The van der Waals surface area contributed by atoms with Gasteiger partial charge in [0.15, 0.2) is 0 Å². The van der Waals surface area contributed by atoms with Crippen LogP contribution in [-0.2, 0) is 0 Å². The van der Waals surface area contributed by atoms with Crippen LogP contribution in [0.15, 0.2) is 11.6 Å². The molecule has 0 aromatic carbocycles. The van der Waals surface area contributed by atoms with Crippen molar-refractivity contribution in [1.29, 1.82) is 0 Å². The summed E-state index contributed by atoms with van der Waals surface area (Å²) in [6, 6.07) is 0. The summed E-state index contributed by atoms with van der Waals surface area (Å²) < 4.78 is 0. The van der Waals surface area contributed by atoms with E-state index in [2.05, 4.69) is 4.98 Å². The van der Waals surface area contributed by atoms with Crippen molar-refractivity contribution >= 4 is 11.3 Å². The molecule has 68 valence electrons. The fourth-order valence-corrected chi connectivity index (χ4v) is 1.55. The third kappa shape index (κ3) is 2.25. The van der Waals surface area contributed by atoms with Gasteiger partial charge in [-0.2, -0.15) is 0 Å². The Morgan fingerprint density at radius 3 is 2.83 bits per heavy atom. The van der Waals surface area contributed by atoms with Crippen LogP contribution in [0.25, 0.3) is 0 Å². The highest BCUT2D eigenvalue weighted by Gasteiger charge is 2.19. The van der Waals surface area contributed by atoms with Crippen LogP contribution in [-0.4, -0.2) is 27.8 Å². The Morgan fingerprint density at radius 2 is 2.33 bits per heavy atom. The van der Waals surface area contributed by atoms with E-state index in [0.29, 0.717) is 18.0 Å². The van der Waals surface area contributed by atoms with Crippen molar-refractivity contribution in [3.8, 4) is 0 Å². The van der Waals surface area contributed by atoms with Gasteiger partial charge in [-0.1, -0.05) is 0 Å². The lowest BCUT2D eigenvalue weighted by Crippen LogP contribution is -2.21. The highest BCUT2D eigenvalue weighted by atomic mass is 32.1. The first-order valence-corrected chi connectivity index (χ1v) is 4.59. The van der Waals surface area contributed by atoms with Gasteiger partial charge in [-0.3, -0.25) is 0 Å². The summed E-state index contributed by atoms with van der Waals surface area (Å²) in [5, 5.41) is 21.1. The molecule has 4 N–H and O–H groups in total. The van der Waals surface area contributed by atoms with Gasteiger partial charge < -0.3 is 15.9 Å². The summed E-state index contributed by atoms with van der Waals surface area (Å²) in [5.74, 6) is 0. The van der Waals surface area contributed by atoms with E-state index in [1.54, 1.807) is 11.6 Å². The zero-order chi connectivity index (χ0) is 8.97. The maximum absolute atomic E-state index is 9.45. The number of aromatic nitrogens is 1. The fraction of sp³-hybridized carbons (Fsp3) is 0.571. The van der Waals surface area contributed by atoms with Crippen molar-refractivity contribution in [2.45, 2.75) is 18.6 Å². The second-order valence-electron chi connectivity index (χ2n) is 2.46. The molecule has 1 aromatic rings. The van der Waals surface area contributed by atoms with Crippen molar-refractivity contribution in [3.63, 3.8) is 0 Å². The first-order chi connectivity index (χ1) is 5.75. The van der Waals surface area contributed by atoms with Crippen molar-refractivity contribution in [2.75, 3.05) is 6.54 Å². The van der Waals surface area contributed by atoms with E-state index in [0.717, 1.165) is 0 Å². The van der Waals surface area contributed by atoms with Crippen molar-refractivity contribution in [2.24, 2.45) is 5.73 Å². The molecule has 4 nitrogen and oxygen atoms in total. The van der Waals surface area contributed by atoms with E-state index in [9.17, 15) is 10.2 Å². The van der Waals surface area contributed by atoms with Crippen molar-refractivity contribution < 1.29 is 10.2 Å². The molecule has 2 unspecified atom stereocenters. The van der Waals surface area contributed by atoms with E-state index in [1.807, 2.05) is 0 Å². The quantitative estimate of drug-likeness (QED) is 0.615. The molecular weight excluding hydrogens is 176 g/mol. The molecule has 0 fully saturated rings. The lowest BCUT2D eigenvalue weighted by atomic mass is 10.1. The van der Waals surface area contributed by atoms with Gasteiger partial charge in [-0.25, -0.2) is 4.98 Å². The van der Waals surface area contributed by atoms with Gasteiger partial charge in [0.05, 0.1) is 6.10 Å². The van der Waals surface area contributed by atoms with Crippen LogP contribution >= 0.6 is 11.3 Å². The van der Waals surface area contributed by atoms with E-state index >= 15 is 0 Å². The Morgan fingerprint density at radius 1 is 1.58 bits per heavy atom. The van der Waals surface area contributed by atoms with Crippen LogP contribution in [0.3, 0.4) is 0 Å². The maximum Gasteiger partial charge on any atom is 0.131 e. The number of hydrogen-bond acceptors (Lipinski definition) is 5. The minimum Gasteiger partial charge on any atom is -0.390 e. The largest absolute Gasteiger partial charge is 0.390 e. The Balaban J connectivity index is 2.53. The summed E-state index contributed by atoms with van der Waals surface area (Å²) in [4.78, 5) is 3.89. The van der Waals surface area contributed by atoms with E-state index in [4.69, 9.17) is 5.73 Å². The monoisotopic (exact) mass is 188 g/mol. The van der Waals surface area contributed by atoms with Crippen LogP contribution in [0.5, 0.6) is 0 Å². The number of nitrogens with zero attached hydrogens (tertiary/aromatic N) is 1. The summed E-state index contributed by atoms with van der Waals surface area (Å²) in [6.45, 7) is 0.365. The predicted molar refractivity (Wildman–Crippen MR) is 46.8 cm³/mol. The van der Waals surface area contributed by atoms with Crippen LogP contribution in [0, 0.1) is 0 Å². The van der Waals surface area contributed by atoms with Gasteiger partial charge >= 0.3 is 0 Å². The summed E-state index contributed by atoms with van der Waals surface area (Å²) in [6.07, 6.45) is 0.286. The minimum absolute atomic E-state index is 0.365. The standard InChI is InChI=1S/C7H12N2O2S/c8-2-1-5(10)6(11)7-9-3-4-12-7/h3-6,10-11H,1-2,8H2. The zero-order valence-corrected chi connectivity index (χ0v) is 7.37. The smallest absolute Gasteiger partial charge is 0.131 e. The second-order valence-corrected chi connectivity index (χ2v) is 3.39. The normalized spacial score (nSPS) is 15.9. The van der Waals surface area contributed by atoms with Crippen molar-refractivity contribution in [3.05, 3.63) is 16.6 Å². The van der Waals surface area contributed by atoms with Crippen LogP contribution in [0.1, 0.15) is 17.5 Å². The zero-order valence-electron chi connectivity index (χ0n) is 6.55. The molecule has 0 saturated carbocycles. The molecule has 0 aliphatic heterocycles.